The van der Waals surface area contributed by atoms with Crippen LogP contribution in [-0.4, -0.2) is 11.1 Å². The highest BCUT2D eigenvalue weighted by Gasteiger charge is 2.39. The van der Waals surface area contributed by atoms with Crippen molar-refractivity contribution in [1.29, 1.82) is 0 Å². The predicted octanol–water partition coefficient (Wildman–Crippen LogP) is 4.34. The highest BCUT2D eigenvalue weighted by Crippen LogP contribution is 2.44. The summed E-state index contributed by atoms with van der Waals surface area (Å²) < 4.78 is 0. The van der Waals surface area contributed by atoms with Gasteiger partial charge in [-0.2, -0.15) is 0 Å². The van der Waals surface area contributed by atoms with Crippen LogP contribution in [0.1, 0.15) is 65.2 Å². The number of carbonyl (C=O) groups is 1. The molecule has 0 aromatic rings. The zero-order valence-corrected chi connectivity index (χ0v) is 11.9. The summed E-state index contributed by atoms with van der Waals surface area (Å²) >= 11 is 0. The number of hydrogen-bond donors (Lipinski definition) is 1. The Labute approximate surface area is 111 Å². The Morgan fingerprint density at radius 3 is 2.33 bits per heavy atom. The summed E-state index contributed by atoms with van der Waals surface area (Å²) in [6.07, 6.45) is 9.69. The van der Waals surface area contributed by atoms with Crippen molar-refractivity contribution in [3.05, 3.63) is 0 Å². The van der Waals surface area contributed by atoms with Gasteiger partial charge in [0.15, 0.2) is 0 Å². The first kappa shape index (κ1) is 13.9. The Hall–Kier alpha value is -0.530. The summed E-state index contributed by atoms with van der Waals surface area (Å²) in [5, 5.41) is 9.42. The molecule has 0 aromatic carbocycles. The van der Waals surface area contributed by atoms with Crippen molar-refractivity contribution in [3.8, 4) is 0 Å². The Bertz CT molecular complexity index is 279. The molecule has 0 amide bonds. The lowest BCUT2D eigenvalue weighted by Crippen LogP contribution is -2.36. The molecule has 18 heavy (non-hydrogen) atoms. The monoisotopic (exact) mass is 252 g/mol. The Kier molecular flexibility index (Phi) is 4.69. The van der Waals surface area contributed by atoms with Crippen LogP contribution in [0.25, 0.3) is 0 Å². The van der Waals surface area contributed by atoms with Gasteiger partial charge in [-0.1, -0.05) is 33.1 Å². The van der Waals surface area contributed by atoms with Gasteiger partial charge in [0.05, 0.1) is 5.92 Å². The van der Waals surface area contributed by atoms with E-state index in [-0.39, 0.29) is 5.92 Å². The van der Waals surface area contributed by atoms with Gasteiger partial charge in [-0.05, 0) is 55.8 Å². The van der Waals surface area contributed by atoms with E-state index in [1.165, 1.54) is 32.1 Å². The molecule has 0 radical (unpaired) electrons. The van der Waals surface area contributed by atoms with E-state index in [2.05, 4.69) is 13.8 Å². The summed E-state index contributed by atoms with van der Waals surface area (Å²) in [5.41, 5.74) is 0. The van der Waals surface area contributed by atoms with E-state index in [0.717, 1.165) is 31.1 Å². The molecule has 2 aliphatic rings. The van der Waals surface area contributed by atoms with Crippen molar-refractivity contribution in [1.82, 2.24) is 0 Å². The van der Waals surface area contributed by atoms with Gasteiger partial charge in [-0.3, -0.25) is 4.79 Å². The van der Waals surface area contributed by atoms with E-state index >= 15 is 0 Å². The van der Waals surface area contributed by atoms with Gasteiger partial charge in [0.25, 0.3) is 0 Å². The minimum atomic E-state index is -0.537. The summed E-state index contributed by atoms with van der Waals surface area (Å²) in [7, 11) is 0. The number of carboxylic acids is 1. The molecule has 0 heterocycles. The number of hydrogen-bond acceptors (Lipinski definition) is 1. The van der Waals surface area contributed by atoms with Crippen LogP contribution in [0.15, 0.2) is 0 Å². The first-order valence-electron chi connectivity index (χ1n) is 7.84. The molecule has 0 saturated heterocycles. The van der Waals surface area contributed by atoms with Crippen molar-refractivity contribution in [2.24, 2.45) is 29.6 Å². The van der Waals surface area contributed by atoms with Crippen LogP contribution >= 0.6 is 0 Å². The van der Waals surface area contributed by atoms with Crippen molar-refractivity contribution >= 4 is 5.97 Å². The lowest BCUT2D eigenvalue weighted by atomic mass is 9.64. The summed E-state index contributed by atoms with van der Waals surface area (Å²) in [6.45, 7) is 4.58. The molecule has 3 atom stereocenters. The molecule has 0 spiro atoms. The molecule has 0 aromatic heterocycles. The average Bonchev–Trinajstić information content (AvgIpc) is 2.38. The summed E-state index contributed by atoms with van der Waals surface area (Å²) in [4.78, 5) is 11.4. The fourth-order valence-electron chi connectivity index (χ4n) is 4.28. The summed E-state index contributed by atoms with van der Waals surface area (Å²) in [5.74, 6) is 2.20. The van der Waals surface area contributed by atoms with Crippen molar-refractivity contribution in [2.75, 3.05) is 0 Å². The topological polar surface area (TPSA) is 37.3 Å². The zero-order valence-electron chi connectivity index (χ0n) is 11.9. The maximum Gasteiger partial charge on any atom is 0.306 e. The zero-order chi connectivity index (χ0) is 13.1. The van der Waals surface area contributed by atoms with E-state index < -0.39 is 5.97 Å². The molecular formula is C16H28O2. The Morgan fingerprint density at radius 1 is 1.11 bits per heavy atom. The normalized spacial score (nSPS) is 41.6. The quantitative estimate of drug-likeness (QED) is 0.811. The van der Waals surface area contributed by atoms with Crippen LogP contribution in [0.3, 0.4) is 0 Å². The molecule has 2 aliphatic carbocycles. The molecule has 2 saturated carbocycles. The van der Waals surface area contributed by atoms with Gasteiger partial charge < -0.3 is 5.11 Å². The smallest absolute Gasteiger partial charge is 0.306 e. The maximum atomic E-state index is 11.4. The second-order valence-corrected chi connectivity index (χ2v) is 6.72. The van der Waals surface area contributed by atoms with Gasteiger partial charge in [0.2, 0.25) is 0 Å². The highest BCUT2D eigenvalue weighted by molar-refractivity contribution is 5.70. The van der Waals surface area contributed by atoms with Gasteiger partial charge in [-0.25, -0.2) is 0 Å². The number of carboxylic acid groups (broad SMARTS) is 1. The lowest BCUT2D eigenvalue weighted by molar-refractivity contribution is -0.146. The third kappa shape index (κ3) is 3.07. The maximum absolute atomic E-state index is 11.4. The fraction of sp³-hybridized carbons (Fsp3) is 0.938. The van der Waals surface area contributed by atoms with E-state index in [0.29, 0.717) is 11.8 Å². The summed E-state index contributed by atoms with van der Waals surface area (Å²) in [6, 6.07) is 0. The van der Waals surface area contributed by atoms with Crippen LogP contribution in [0.2, 0.25) is 0 Å². The fourth-order valence-corrected chi connectivity index (χ4v) is 4.28. The molecule has 2 fully saturated rings. The van der Waals surface area contributed by atoms with Crippen LogP contribution in [0.4, 0.5) is 0 Å². The molecule has 104 valence electrons. The SMILES string of the molecule is CCC1CCC(C2CC(C)CCC2C(=O)O)CC1. The third-order valence-corrected chi connectivity index (χ3v) is 5.55. The second kappa shape index (κ2) is 6.08. The number of rotatable bonds is 3. The minimum absolute atomic E-state index is 0.0515. The molecule has 2 rings (SSSR count). The van der Waals surface area contributed by atoms with Gasteiger partial charge in [0.1, 0.15) is 0 Å². The van der Waals surface area contributed by atoms with E-state index in [9.17, 15) is 9.90 Å². The van der Waals surface area contributed by atoms with Crippen molar-refractivity contribution in [2.45, 2.75) is 65.2 Å². The largest absolute Gasteiger partial charge is 0.481 e. The van der Waals surface area contributed by atoms with E-state index in [1.54, 1.807) is 0 Å². The van der Waals surface area contributed by atoms with Crippen LogP contribution in [0.5, 0.6) is 0 Å². The van der Waals surface area contributed by atoms with Gasteiger partial charge in [-0.15, -0.1) is 0 Å². The molecule has 3 unspecified atom stereocenters. The molecule has 1 N–H and O–H groups in total. The molecule has 2 nitrogen and oxygen atoms in total. The first-order valence-corrected chi connectivity index (χ1v) is 7.84. The third-order valence-electron chi connectivity index (χ3n) is 5.55. The average molecular weight is 252 g/mol. The van der Waals surface area contributed by atoms with Gasteiger partial charge in [0, 0.05) is 0 Å². The lowest BCUT2D eigenvalue weighted by Gasteiger charge is -2.40. The predicted molar refractivity (Wildman–Crippen MR) is 73.4 cm³/mol. The van der Waals surface area contributed by atoms with E-state index in [4.69, 9.17) is 0 Å². The van der Waals surface area contributed by atoms with Crippen molar-refractivity contribution in [3.63, 3.8) is 0 Å². The Balaban J connectivity index is 1.98. The van der Waals surface area contributed by atoms with E-state index in [1.807, 2.05) is 0 Å². The van der Waals surface area contributed by atoms with Crippen LogP contribution in [-0.2, 0) is 4.79 Å². The standard InChI is InChI=1S/C16H28O2/c1-3-12-5-7-13(8-6-12)15-10-11(2)4-9-14(15)16(17)18/h11-15H,3-10H2,1-2H3,(H,17,18). The molecule has 0 bridgehead atoms. The van der Waals surface area contributed by atoms with Crippen LogP contribution in [0, 0.1) is 29.6 Å². The van der Waals surface area contributed by atoms with Gasteiger partial charge >= 0.3 is 5.97 Å². The Morgan fingerprint density at radius 2 is 1.78 bits per heavy atom. The first-order chi connectivity index (χ1) is 8.61. The number of aliphatic carboxylic acids is 1. The molecule has 2 heteroatoms. The van der Waals surface area contributed by atoms with Crippen LogP contribution < -0.4 is 0 Å². The molecule has 0 aliphatic heterocycles. The molecular weight excluding hydrogens is 224 g/mol. The van der Waals surface area contributed by atoms with Crippen molar-refractivity contribution < 1.29 is 9.90 Å². The minimum Gasteiger partial charge on any atom is -0.481 e. The second-order valence-electron chi connectivity index (χ2n) is 6.72. The highest BCUT2D eigenvalue weighted by atomic mass is 16.4.